The Kier molecular flexibility index (Phi) is 1.72. The molecule has 0 saturated heterocycles. The van der Waals surface area contributed by atoms with Crippen molar-refractivity contribution in [1.82, 2.24) is 0 Å². The molecule has 2 saturated carbocycles. The summed E-state index contributed by atoms with van der Waals surface area (Å²) in [6.45, 7) is 3.74. The monoisotopic (exact) mass is 179 g/mol. The van der Waals surface area contributed by atoms with Gasteiger partial charge in [-0.05, 0) is 44.9 Å². The molecule has 2 aliphatic carbocycles. The van der Waals surface area contributed by atoms with Crippen molar-refractivity contribution in [3.63, 3.8) is 0 Å². The van der Waals surface area contributed by atoms with Crippen molar-refractivity contribution < 1.29 is 5.11 Å². The highest BCUT2D eigenvalue weighted by Gasteiger charge is 2.60. The SMILES string of the molecule is CC(C)(C#N)C1(O)CCCC2CC21. The first kappa shape index (κ1) is 9.02. The number of hydrogen-bond donors (Lipinski definition) is 1. The fourth-order valence-corrected chi connectivity index (χ4v) is 2.84. The van der Waals surface area contributed by atoms with Gasteiger partial charge in [0.2, 0.25) is 0 Å². The molecule has 0 spiro atoms. The molecule has 72 valence electrons. The van der Waals surface area contributed by atoms with Gasteiger partial charge in [0.05, 0.1) is 17.1 Å². The summed E-state index contributed by atoms with van der Waals surface area (Å²) in [5, 5.41) is 19.5. The molecule has 0 aliphatic heterocycles. The number of aliphatic hydroxyl groups is 1. The van der Waals surface area contributed by atoms with Crippen molar-refractivity contribution in [2.45, 2.75) is 45.1 Å². The van der Waals surface area contributed by atoms with Crippen LogP contribution < -0.4 is 0 Å². The van der Waals surface area contributed by atoms with Crippen molar-refractivity contribution in [2.75, 3.05) is 0 Å². The normalized spacial score (nSPS) is 43.5. The second kappa shape index (κ2) is 2.48. The van der Waals surface area contributed by atoms with Crippen LogP contribution in [-0.2, 0) is 0 Å². The van der Waals surface area contributed by atoms with E-state index in [1.54, 1.807) is 0 Å². The number of nitriles is 1. The van der Waals surface area contributed by atoms with Crippen molar-refractivity contribution in [2.24, 2.45) is 17.3 Å². The fourth-order valence-electron chi connectivity index (χ4n) is 2.84. The van der Waals surface area contributed by atoms with E-state index in [2.05, 4.69) is 6.07 Å². The molecule has 1 N–H and O–H groups in total. The Morgan fingerprint density at radius 2 is 2.23 bits per heavy atom. The molecule has 0 bridgehead atoms. The molecule has 2 rings (SSSR count). The predicted octanol–water partition coefficient (Wildman–Crippen LogP) is 2.09. The Hall–Kier alpha value is -0.550. The maximum atomic E-state index is 10.5. The van der Waals surface area contributed by atoms with E-state index >= 15 is 0 Å². The van der Waals surface area contributed by atoms with Gasteiger partial charge < -0.3 is 5.11 Å². The van der Waals surface area contributed by atoms with E-state index in [0.717, 1.165) is 19.3 Å². The number of fused-ring (bicyclic) bond motifs is 1. The molecule has 3 atom stereocenters. The quantitative estimate of drug-likeness (QED) is 0.669. The van der Waals surface area contributed by atoms with Gasteiger partial charge in [0.15, 0.2) is 0 Å². The van der Waals surface area contributed by atoms with Gasteiger partial charge in [-0.1, -0.05) is 6.42 Å². The van der Waals surface area contributed by atoms with Crippen LogP contribution in [0.2, 0.25) is 0 Å². The number of hydrogen-bond acceptors (Lipinski definition) is 2. The number of rotatable bonds is 1. The Balaban J connectivity index is 2.25. The van der Waals surface area contributed by atoms with Crippen LogP contribution in [0.1, 0.15) is 39.5 Å². The molecular weight excluding hydrogens is 162 g/mol. The average molecular weight is 179 g/mol. The highest BCUT2D eigenvalue weighted by molar-refractivity contribution is 5.16. The Morgan fingerprint density at radius 3 is 2.85 bits per heavy atom. The van der Waals surface area contributed by atoms with E-state index in [1.165, 1.54) is 6.42 Å². The van der Waals surface area contributed by atoms with Crippen LogP contribution in [0.25, 0.3) is 0 Å². The van der Waals surface area contributed by atoms with Crippen LogP contribution in [-0.4, -0.2) is 10.7 Å². The van der Waals surface area contributed by atoms with E-state index in [-0.39, 0.29) is 0 Å². The predicted molar refractivity (Wildman–Crippen MR) is 49.8 cm³/mol. The van der Waals surface area contributed by atoms with E-state index in [0.29, 0.717) is 11.8 Å². The molecule has 0 heterocycles. The average Bonchev–Trinajstić information content (AvgIpc) is 2.84. The molecule has 0 radical (unpaired) electrons. The zero-order valence-electron chi connectivity index (χ0n) is 8.38. The van der Waals surface area contributed by atoms with Crippen LogP contribution in [0.4, 0.5) is 0 Å². The summed E-state index contributed by atoms with van der Waals surface area (Å²) in [5.41, 5.74) is -1.28. The highest BCUT2D eigenvalue weighted by Crippen LogP contribution is 2.60. The molecule has 2 heteroatoms. The summed E-state index contributed by atoms with van der Waals surface area (Å²) in [6, 6.07) is 2.26. The molecule has 0 aromatic heterocycles. The van der Waals surface area contributed by atoms with Crippen LogP contribution in [0, 0.1) is 28.6 Å². The lowest BCUT2D eigenvalue weighted by Crippen LogP contribution is -2.47. The first-order valence-corrected chi connectivity index (χ1v) is 5.15. The van der Waals surface area contributed by atoms with Crippen LogP contribution >= 0.6 is 0 Å². The van der Waals surface area contributed by atoms with Gasteiger partial charge >= 0.3 is 0 Å². The van der Waals surface area contributed by atoms with Crippen LogP contribution in [0.5, 0.6) is 0 Å². The Labute approximate surface area is 79.6 Å². The Bertz CT molecular complexity index is 266. The zero-order valence-corrected chi connectivity index (χ0v) is 8.38. The molecule has 13 heavy (non-hydrogen) atoms. The first-order chi connectivity index (χ1) is 6.01. The number of nitrogens with zero attached hydrogens (tertiary/aromatic N) is 1. The topological polar surface area (TPSA) is 44.0 Å². The molecule has 2 aliphatic rings. The lowest BCUT2D eigenvalue weighted by molar-refractivity contribution is -0.0808. The maximum absolute atomic E-state index is 10.5. The second-order valence-electron chi connectivity index (χ2n) is 5.16. The molecule has 3 unspecified atom stereocenters. The third-order valence-electron chi connectivity index (χ3n) is 4.03. The lowest BCUT2D eigenvalue weighted by atomic mass is 9.67. The summed E-state index contributed by atoms with van der Waals surface area (Å²) >= 11 is 0. The van der Waals surface area contributed by atoms with E-state index < -0.39 is 11.0 Å². The summed E-state index contributed by atoms with van der Waals surface area (Å²) in [7, 11) is 0. The van der Waals surface area contributed by atoms with E-state index in [1.807, 2.05) is 13.8 Å². The van der Waals surface area contributed by atoms with Gasteiger partial charge in [0.25, 0.3) is 0 Å². The molecule has 2 nitrogen and oxygen atoms in total. The standard InChI is InChI=1S/C11H17NO/c1-10(2,7-12)11(13)5-3-4-8-6-9(8)11/h8-9,13H,3-6H2,1-2H3. The lowest BCUT2D eigenvalue weighted by Gasteiger charge is -2.41. The molecule has 0 aromatic rings. The third-order valence-corrected chi connectivity index (χ3v) is 4.03. The van der Waals surface area contributed by atoms with Gasteiger partial charge in [0.1, 0.15) is 0 Å². The molecular formula is C11H17NO. The van der Waals surface area contributed by atoms with Crippen molar-refractivity contribution in [3.05, 3.63) is 0 Å². The molecule has 0 aromatic carbocycles. The minimum Gasteiger partial charge on any atom is -0.388 e. The maximum Gasteiger partial charge on any atom is 0.0858 e. The summed E-state index contributed by atoms with van der Waals surface area (Å²) in [5.74, 6) is 1.13. The zero-order chi connectivity index (χ0) is 9.69. The smallest absolute Gasteiger partial charge is 0.0858 e. The summed E-state index contributed by atoms with van der Waals surface area (Å²) in [6.07, 6.45) is 4.30. The largest absolute Gasteiger partial charge is 0.388 e. The Morgan fingerprint density at radius 1 is 1.54 bits per heavy atom. The third kappa shape index (κ3) is 1.10. The van der Waals surface area contributed by atoms with Crippen molar-refractivity contribution in [1.29, 1.82) is 5.26 Å². The van der Waals surface area contributed by atoms with Crippen molar-refractivity contribution in [3.8, 4) is 6.07 Å². The second-order valence-corrected chi connectivity index (χ2v) is 5.16. The summed E-state index contributed by atoms with van der Waals surface area (Å²) < 4.78 is 0. The van der Waals surface area contributed by atoms with Crippen LogP contribution in [0.15, 0.2) is 0 Å². The van der Waals surface area contributed by atoms with Gasteiger partial charge in [-0.15, -0.1) is 0 Å². The van der Waals surface area contributed by atoms with E-state index in [9.17, 15) is 5.11 Å². The molecule has 0 amide bonds. The van der Waals surface area contributed by atoms with Crippen molar-refractivity contribution >= 4 is 0 Å². The van der Waals surface area contributed by atoms with Gasteiger partial charge in [0, 0.05) is 0 Å². The van der Waals surface area contributed by atoms with Gasteiger partial charge in [-0.25, -0.2) is 0 Å². The molecule has 2 fully saturated rings. The fraction of sp³-hybridized carbons (Fsp3) is 0.909. The highest BCUT2D eigenvalue weighted by atomic mass is 16.3. The summed E-state index contributed by atoms with van der Waals surface area (Å²) in [4.78, 5) is 0. The minimum atomic E-state index is -0.704. The van der Waals surface area contributed by atoms with Crippen LogP contribution in [0.3, 0.4) is 0 Å². The van der Waals surface area contributed by atoms with Gasteiger partial charge in [-0.2, -0.15) is 5.26 Å². The van der Waals surface area contributed by atoms with Gasteiger partial charge in [-0.3, -0.25) is 0 Å². The first-order valence-electron chi connectivity index (χ1n) is 5.15. The van der Waals surface area contributed by atoms with E-state index in [4.69, 9.17) is 5.26 Å². The minimum absolute atomic E-state index is 0.413.